The molecule has 0 saturated carbocycles. The van der Waals surface area contributed by atoms with Crippen molar-refractivity contribution in [1.29, 1.82) is 0 Å². The number of H-pyrrole nitrogens is 1. The van der Waals surface area contributed by atoms with Gasteiger partial charge in [0.25, 0.3) is 5.92 Å². The number of hydrogen-bond donors (Lipinski definition) is 3. The van der Waals surface area contributed by atoms with Gasteiger partial charge < -0.3 is 15.8 Å². The first kappa shape index (κ1) is 15.7. The Morgan fingerprint density at radius 2 is 2.00 bits per heavy atom. The standard InChI is InChI=1S/C15H16F2N4O/c1-9(18)20-21-14(12-4-3-7-19-12)11-6-5-10(8-13(11)22)15(2,16)17/h3-8,19,22H,1-2H3,(H2,18,20)/b21-14-. The summed E-state index contributed by atoms with van der Waals surface area (Å²) in [5.41, 5.74) is 6.34. The van der Waals surface area contributed by atoms with Crippen LogP contribution in [0.15, 0.2) is 46.7 Å². The smallest absolute Gasteiger partial charge is 0.270 e. The van der Waals surface area contributed by atoms with Crippen molar-refractivity contribution in [1.82, 2.24) is 4.98 Å². The zero-order valence-corrected chi connectivity index (χ0v) is 12.1. The summed E-state index contributed by atoms with van der Waals surface area (Å²) in [7, 11) is 0. The highest BCUT2D eigenvalue weighted by Crippen LogP contribution is 2.31. The summed E-state index contributed by atoms with van der Waals surface area (Å²) in [5.74, 6) is -3.11. The fraction of sp³-hybridized carbons (Fsp3) is 0.200. The van der Waals surface area contributed by atoms with Crippen LogP contribution in [-0.2, 0) is 5.92 Å². The molecule has 1 aromatic carbocycles. The normalized spacial score (nSPS) is 13.5. The largest absolute Gasteiger partial charge is 0.507 e. The molecule has 7 heteroatoms. The predicted molar refractivity (Wildman–Crippen MR) is 81.4 cm³/mol. The van der Waals surface area contributed by atoms with Crippen LogP contribution in [0.5, 0.6) is 5.75 Å². The van der Waals surface area contributed by atoms with E-state index in [1.165, 1.54) is 12.1 Å². The summed E-state index contributed by atoms with van der Waals surface area (Å²) in [4.78, 5) is 2.93. The number of nitrogens with one attached hydrogen (secondary N) is 1. The quantitative estimate of drug-likeness (QED) is 0.461. The minimum Gasteiger partial charge on any atom is -0.507 e. The number of aromatic nitrogens is 1. The fourth-order valence-corrected chi connectivity index (χ4v) is 1.86. The van der Waals surface area contributed by atoms with Crippen molar-refractivity contribution in [3.05, 3.63) is 53.3 Å². The van der Waals surface area contributed by atoms with Crippen molar-refractivity contribution < 1.29 is 13.9 Å². The summed E-state index contributed by atoms with van der Waals surface area (Å²) in [6.07, 6.45) is 1.68. The van der Waals surface area contributed by atoms with Crippen molar-refractivity contribution in [2.75, 3.05) is 0 Å². The zero-order chi connectivity index (χ0) is 16.3. The first-order valence-electron chi connectivity index (χ1n) is 6.52. The third kappa shape index (κ3) is 3.49. The molecule has 0 spiro atoms. The Labute approximate surface area is 126 Å². The van der Waals surface area contributed by atoms with Gasteiger partial charge in [-0.25, -0.2) is 8.78 Å². The molecule has 0 fully saturated rings. The van der Waals surface area contributed by atoms with Gasteiger partial charge in [-0.3, -0.25) is 0 Å². The molecule has 1 heterocycles. The number of halogens is 2. The van der Waals surface area contributed by atoms with Gasteiger partial charge in [0.2, 0.25) is 0 Å². The van der Waals surface area contributed by atoms with Gasteiger partial charge in [0.05, 0.1) is 5.69 Å². The average Bonchev–Trinajstić information content (AvgIpc) is 2.93. The van der Waals surface area contributed by atoms with Crippen molar-refractivity contribution in [3.8, 4) is 5.75 Å². The highest BCUT2D eigenvalue weighted by Gasteiger charge is 2.26. The summed E-state index contributed by atoms with van der Waals surface area (Å²) >= 11 is 0. The van der Waals surface area contributed by atoms with E-state index in [0.29, 0.717) is 11.4 Å². The molecule has 0 radical (unpaired) electrons. The number of alkyl halides is 2. The molecule has 5 nitrogen and oxygen atoms in total. The van der Waals surface area contributed by atoms with E-state index in [-0.39, 0.29) is 22.7 Å². The number of phenolic OH excluding ortho intramolecular Hbond substituents is 1. The van der Waals surface area contributed by atoms with Crippen LogP contribution >= 0.6 is 0 Å². The SMILES string of the molecule is C/C(N)=N\N=C(/c1ccc[nH]1)c1ccc(C(C)(F)F)cc1O. The minimum absolute atomic E-state index is 0.236. The number of aromatic hydroxyl groups is 1. The molecular weight excluding hydrogens is 290 g/mol. The second-order valence-corrected chi connectivity index (χ2v) is 4.89. The minimum atomic E-state index is -3.04. The van der Waals surface area contributed by atoms with Crippen molar-refractivity contribution in [3.63, 3.8) is 0 Å². The molecule has 0 amide bonds. The van der Waals surface area contributed by atoms with Crippen LogP contribution in [0.1, 0.15) is 30.7 Å². The van der Waals surface area contributed by atoms with E-state index in [0.717, 1.165) is 13.0 Å². The molecule has 0 unspecified atom stereocenters. The van der Waals surface area contributed by atoms with Crippen LogP contribution < -0.4 is 5.73 Å². The third-order valence-corrected chi connectivity index (χ3v) is 2.92. The summed E-state index contributed by atoms with van der Waals surface area (Å²) in [5, 5.41) is 17.8. The van der Waals surface area contributed by atoms with Crippen LogP contribution in [-0.4, -0.2) is 21.6 Å². The summed E-state index contributed by atoms with van der Waals surface area (Å²) in [6.45, 7) is 2.33. The first-order chi connectivity index (χ1) is 10.3. The Morgan fingerprint density at radius 1 is 1.27 bits per heavy atom. The molecule has 1 aromatic heterocycles. The first-order valence-corrected chi connectivity index (χ1v) is 6.52. The number of nitrogens with two attached hydrogens (primary N) is 1. The second-order valence-electron chi connectivity index (χ2n) is 4.89. The lowest BCUT2D eigenvalue weighted by Gasteiger charge is -2.13. The van der Waals surface area contributed by atoms with Gasteiger partial charge in [0.1, 0.15) is 17.3 Å². The number of benzene rings is 1. The Hall–Kier alpha value is -2.70. The van der Waals surface area contributed by atoms with E-state index in [1.54, 1.807) is 25.3 Å². The molecular formula is C15H16F2N4O. The predicted octanol–water partition coefficient (Wildman–Crippen LogP) is 2.96. The van der Waals surface area contributed by atoms with Crippen molar-refractivity contribution >= 4 is 11.5 Å². The molecule has 0 aliphatic carbocycles. The van der Waals surface area contributed by atoms with Gasteiger partial charge in [-0.15, -0.1) is 10.2 Å². The highest BCUT2D eigenvalue weighted by molar-refractivity contribution is 6.13. The highest BCUT2D eigenvalue weighted by atomic mass is 19.3. The van der Waals surface area contributed by atoms with Crippen molar-refractivity contribution in [2.24, 2.45) is 15.9 Å². The topological polar surface area (TPSA) is 86.8 Å². The van der Waals surface area contributed by atoms with Crippen LogP contribution in [0.25, 0.3) is 0 Å². The lowest BCUT2D eigenvalue weighted by Crippen LogP contribution is -2.10. The Balaban J connectivity index is 2.54. The van der Waals surface area contributed by atoms with Gasteiger partial charge in [0, 0.05) is 24.2 Å². The van der Waals surface area contributed by atoms with E-state index in [1.807, 2.05) is 0 Å². The molecule has 4 N–H and O–H groups in total. The van der Waals surface area contributed by atoms with Crippen LogP contribution in [0.3, 0.4) is 0 Å². The Bertz CT molecular complexity index is 712. The molecule has 2 aromatic rings. The molecule has 116 valence electrons. The Morgan fingerprint density at radius 3 is 2.50 bits per heavy atom. The monoisotopic (exact) mass is 306 g/mol. The van der Waals surface area contributed by atoms with Gasteiger partial charge in [0.15, 0.2) is 0 Å². The molecule has 0 aliphatic rings. The summed E-state index contributed by atoms with van der Waals surface area (Å²) < 4.78 is 26.6. The molecule has 0 atom stereocenters. The number of aromatic amines is 1. The van der Waals surface area contributed by atoms with Gasteiger partial charge in [-0.1, -0.05) is 6.07 Å². The van der Waals surface area contributed by atoms with Crippen LogP contribution in [0.4, 0.5) is 8.78 Å². The molecule has 0 saturated heterocycles. The lowest BCUT2D eigenvalue weighted by atomic mass is 10.0. The number of hydrogen-bond acceptors (Lipinski definition) is 3. The number of nitrogens with zero attached hydrogens (tertiary/aromatic N) is 2. The van der Waals surface area contributed by atoms with E-state index >= 15 is 0 Å². The fourth-order valence-electron chi connectivity index (χ4n) is 1.86. The maximum absolute atomic E-state index is 13.3. The molecule has 22 heavy (non-hydrogen) atoms. The summed E-state index contributed by atoms with van der Waals surface area (Å²) in [6, 6.07) is 7.11. The van der Waals surface area contributed by atoms with E-state index in [9.17, 15) is 13.9 Å². The maximum Gasteiger partial charge on any atom is 0.270 e. The van der Waals surface area contributed by atoms with Crippen molar-refractivity contribution in [2.45, 2.75) is 19.8 Å². The van der Waals surface area contributed by atoms with E-state index in [2.05, 4.69) is 15.2 Å². The molecule has 0 aliphatic heterocycles. The van der Waals surface area contributed by atoms with E-state index < -0.39 is 5.92 Å². The van der Waals surface area contributed by atoms with E-state index in [4.69, 9.17) is 5.73 Å². The van der Waals surface area contributed by atoms with Gasteiger partial charge in [-0.05, 0) is 31.2 Å². The van der Waals surface area contributed by atoms with Crippen LogP contribution in [0, 0.1) is 0 Å². The number of phenols is 1. The van der Waals surface area contributed by atoms with Gasteiger partial charge >= 0.3 is 0 Å². The Kier molecular flexibility index (Phi) is 4.25. The molecule has 2 rings (SSSR count). The van der Waals surface area contributed by atoms with Crippen LogP contribution in [0.2, 0.25) is 0 Å². The lowest BCUT2D eigenvalue weighted by molar-refractivity contribution is 0.0172. The zero-order valence-electron chi connectivity index (χ0n) is 12.1. The second kappa shape index (κ2) is 5.97. The maximum atomic E-state index is 13.3. The number of amidine groups is 1. The number of rotatable bonds is 4. The third-order valence-electron chi connectivity index (χ3n) is 2.92. The van der Waals surface area contributed by atoms with Gasteiger partial charge in [-0.2, -0.15) is 0 Å². The molecule has 0 bridgehead atoms. The average molecular weight is 306 g/mol.